The van der Waals surface area contributed by atoms with E-state index in [0.717, 1.165) is 11.1 Å². The summed E-state index contributed by atoms with van der Waals surface area (Å²) < 4.78 is 5.73. The second-order valence-corrected chi connectivity index (χ2v) is 5.04. The number of aryl methyl sites for hydroxylation is 1. The van der Waals surface area contributed by atoms with Gasteiger partial charge in [0, 0.05) is 23.0 Å². The maximum Gasteiger partial charge on any atom is 0.131 e. The zero-order valence-electron chi connectivity index (χ0n) is 10.4. The molecule has 5 heteroatoms. The van der Waals surface area contributed by atoms with E-state index in [-0.39, 0.29) is 4.99 Å². The molecule has 2 rings (SSSR count). The van der Waals surface area contributed by atoms with E-state index < -0.39 is 0 Å². The van der Waals surface area contributed by atoms with Gasteiger partial charge in [0.2, 0.25) is 0 Å². The SMILES string of the molecule is Cc1cncc(COc2cc(Cl)ccc2C(N)=S)c1. The fourth-order valence-corrected chi connectivity index (χ4v) is 2.01. The maximum absolute atomic E-state index is 5.95. The van der Waals surface area contributed by atoms with Crippen molar-refractivity contribution in [1.82, 2.24) is 4.98 Å². The molecule has 2 aromatic rings. The number of thiocarbonyl (C=S) groups is 1. The van der Waals surface area contributed by atoms with Crippen LogP contribution >= 0.6 is 23.8 Å². The van der Waals surface area contributed by atoms with Crippen molar-refractivity contribution in [2.24, 2.45) is 5.73 Å². The Morgan fingerprint density at radius 2 is 2.16 bits per heavy atom. The Bertz CT molecular complexity index is 616. The van der Waals surface area contributed by atoms with E-state index >= 15 is 0 Å². The Morgan fingerprint density at radius 3 is 2.84 bits per heavy atom. The molecular weight excluding hydrogens is 280 g/mol. The molecule has 0 saturated carbocycles. The standard InChI is InChI=1S/C14H13ClN2OS/c1-9-4-10(7-17-6-9)8-18-13-5-11(15)2-3-12(13)14(16)19/h2-7H,8H2,1H3,(H2,16,19). The molecule has 0 spiro atoms. The molecule has 0 aliphatic heterocycles. The molecule has 0 radical (unpaired) electrons. The minimum atomic E-state index is 0.286. The number of halogens is 1. The van der Waals surface area contributed by atoms with Crippen LogP contribution in [0.3, 0.4) is 0 Å². The summed E-state index contributed by atoms with van der Waals surface area (Å²) in [6.07, 6.45) is 3.56. The summed E-state index contributed by atoms with van der Waals surface area (Å²) in [5.41, 5.74) is 8.40. The molecule has 1 heterocycles. The average molecular weight is 293 g/mol. The lowest BCUT2D eigenvalue weighted by Gasteiger charge is -2.11. The lowest BCUT2D eigenvalue weighted by Crippen LogP contribution is -2.11. The Hall–Kier alpha value is -1.65. The molecule has 1 aromatic carbocycles. The summed E-state index contributed by atoms with van der Waals surface area (Å²) in [4.78, 5) is 4.40. The van der Waals surface area contributed by atoms with Crippen LogP contribution in [0.15, 0.2) is 36.7 Å². The number of aromatic nitrogens is 1. The van der Waals surface area contributed by atoms with Gasteiger partial charge in [-0.15, -0.1) is 0 Å². The van der Waals surface area contributed by atoms with Crippen LogP contribution in [0.2, 0.25) is 5.02 Å². The Morgan fingerprint density at radius 1 is 1.37 bits per heavy atom. The second-order valence-electron chi connectivity index (χ2n) is 4.16. The summed E-state index contributed by atoms with van der Waals surface area (Å²) in [5.74, 6) is 0.585. The highest BCUT2D eigenvalue weighted by atomic mass is 35.5. The molecule has 0 atom stereocenters. The first-order valence-corrected chi connectivity index (χ1v) is 6.47. The molecule has 0 unspecified atom stereocenters. The van der Waals surface area contributed by atoms with Crippen LogP contribution in [-0.2, 0) is 6.61 Å². The van der Waals surface area contributed by atoms with E-state index in [1.165, 1.54) is 0 Å². The molecule has 0 amide bonds. The lowest BCUT2D eigenvalue weighted by atomic mass is 10.2. The van der Waals surface area contributed by atoms with Crippen LogP contribution in [0.1, 0.15) is 16.7 Å². The molecule has 98 valence electrons. The van der Waals surface area contributed by atoms with Crippen LogP contribution < -0.4 is 10.5 Å². The first kappa shape index (κ1) is 13.8. The Kier molecular flexibility index (Phi) is 4.35. The normalized spacial score (nSPS) is 10.2. The van der Waals surface area contributed by atoms with Gasteiger partial charge in [-0.1, -0.05) is 23.8 Å². The van der Waals surface area contributed by atoms with E-state index in [1.54, 1.807) is 30.6 Å². The third-order valence-corrected chi connectivity index (χ3v) is 2.99. The fourth-order valence-electron chi connectivity index (χ4n) is 1.68. The minimum absolute atomic E-state index is 0.286. The fraction of sp³-hybridized carbons (Fsp3) is 0.143. The minimum Gasteiger partial charge on any atom is -0.488 e. The van der Waals surface area contributed by atoms with Gasteiger partial charge in [0.25, 0.3) is 0 Å². The molecule has 0 saturated heterocycles. The summed E-state index contributed by atoms with van der Waals surface area (Å²) in [7, 11) is 0. The summed E-state index contributed by atoms with van der Waals surface area (Å²) in [6.45, 7) is 2.38. The first-order valence-electron chi connectivity index (χ1n) is 5.69. The number of rotatable bonds is 4. The van der Waals surface area contributed by atoms with Gasteiger partial charge in [-0.3, -0.25) is 4.98 Å². The molecular formula is C14H13ClN2OS. The predicted molar refractivity (Wildman–Crippen MR) is 80.6 cm³/mol. The van der Waals surface area contributed by atoms with Crippen molar-refractivity contribution in [2.75, 3.05) is 0 Å². The molecule has 19 heavy (non-hydrogen) atoms. The molecule has 0 fully saturated rings. The van der Waals surface area contributed by atoms with Crippen molar-refractivity contribution in [3.63, 3.8) is 0 Å². The largest absolute Gasteiger partial charge is 0.488 e. The number of hydrogen-bond acceptors (Lipinski definition) is 3. The van der Waals surface area contributed by atoms with E-state index in [0.29, 0.717) is 22.9 Å². The zero-order chi connectivity index (χ0) is 13.8. The van der Waals surface area contributed by atoms with Gasteiger partial charge in [0.1, 0.15) is 17.3 Å². The smallest absolute Gasteiger partial charge is 0.131 e. The number of nitrogens with zero attached hydrogens (tertiary/aromatic N) is 1. The van der Waals surface area contributed by atoms with Gasteiger partial charge in [-0.2, -0.15) is 0 Å². The Labute approximate surface area is 122 Å². The summed E-state index contributed by atoms with van der Waals surface area (Å²) >= 11 is 10.9. The first-order chi connectivity index (χ1) is 9.06. The highest BCUT2D eigenvalue weighted by molar-refractivity contribution is 7.80. The number of benzene rings is 1. The van der Waals surface area contributed by atoms with Gasteiger partial charge in [-0.25, -0.2) is 0 Å². The van der Waals surface area contributed by atoms with E-state index in [9.17, 15) is 0 Å². The molecule has 0 aliphatic rings. The van der Waals surface area contributed by atoms with Crippen molar-refractivity contribution in [3.05, 3.63) is 58.4 Å². The van der Waals surface area contributed by atoms with Gasteiger partial charge in [0.05, 0.1) is 5.56 Å². The van der Waals surface area contributed by atoms with E-state index in [2.05, 4.69) is 4.98 Å². The molecule has 1 aromatic heterocycles. The Balaban J connectivity index is 2.19. The monoisotopic (exact) mass is 292 g/mol. The van der Waals surface area contributed by atoms with Crippen LogP contribution in [0.4, 0.5) is 0 Å². The van der Waals surface area contributed by atoms with Crippen molar-refractivity contribution in [2.45, 2.75) is 13.5 Å². The highest BCUT2D eigenvalue weighted by Gasteiger charge is 2.08. The third-order valence-electron chi connectivity index (χ3n) is 2.54. The number of ether oxygens (including phenoxy) is 1. The summed E-state index contributed by atoms with van der Waals surface area (Å²) in [6, 6.07) is 7.21. The van der Waals surface area contributed by atoms with Crippen molar-refractivity contribution in [1.29, 1.82) is 0 Å². The molecule has 2 N–H and O–H groups in total. The van der Waals surface area contributed by atoms with Gasteiger partial charge in [-0.05, 0) is 36.8 Å². The van der Waals surface area contributed by atoms with E-state index in [1.807, 2.05) is 13.0 Å². The van der Waals surface area contributed by atoms with E-state index in [4.69, 9.17) is 34.3 Å². The van der Waals surface area contributed by atoms with Crippen LogP contribution in [0, 0.1) is 6.92 Å². The van der Waals surface area contributed by atoms with Crippen LogP contribution in [0.25, 0.3) is 0 Å². The second kappa shape index (κ2) is 5.99. The number of hydrogen-bond donors (Lipinski definition) is 1. The molecule has 0 aliphatic carbocycles. The quantitative estimate of drug-likeness (QED) is 0.879. The van der Waals surface area contributed by atoms with Crippen molar-refractivity contribution >= 4 is 28.8 Å². The maximum atomic E-state index is 5.95. The lowest BCUT2D eigenvalue weighted by molar-refractivity contribution is 0.305. The topological polar surface area (TPSA) is 48.1 Å². The van der Waals surface area contributed by atoms with Crippen molar-refractivity contribution < 1.29 is 4.74 Å². The highest BCUT2D eigenvalue weighted by Crippen LogP contribution is 2.24. The van der Waals surface area contributed by atoms with Gasteiger partial charge < -0.3 is 10.5 Å². The third kappa shape index (κ3) is 3.66. The number of nitrogens with two attached hydrogens (primary N) is 1. The van der Waals surface area contributed by atoms with Crippen LogP contribution in [0.5, 0.6) is 5.75 Å². The molecule has 3 nitrogen and oxygen atoms in total. The average Bonchev–Trinajstić information content (AvgIpc) is 2.36. The van der Waals surface area contributed by atoms with Crippen LogP contribution in [-0.4, -0.2) is 9.97 Å². The van der Waals surface area contributed by atoms with Gasteiger partial charge in [0.15, 0.2) is 0 Å². The predicted octanol–water partition coefficient (Wildman–Crippen LogP) is 3.26. The number of pyridine rings is 1. The van der Waals surface area contributed by atoms with Gasteiger partial charge >= 0.3 is 0 Å². The molecule has 0 bridgehead atoms. The zero-order valence-corrected chi connectivity index (χ0v) is 12.0. The summed E-state index contributed by atoms with van der Waals surface area (Å²) in [5, 5.41) is 0.581. The van der Waals surface area contributed by atoms with Crippen molar-refractivity contribution in [3.8, 4) is 5.75 Å².